The number of benzene rings is 1. The van der Waals surface area contributed by atoms with Crippen molar-refractivity contribution in [1.82, 2.24) is 0 Å². The van der Waals surface area contributed by atoms with Crippen LogP contribution in [0.15, 0.2) is 18.2 Å². The van der Waals surface area contributed by atoms with Crippen LogP contribution in [-0.2, 0) is 11.3 Å². The molecule has 2 rings (SSSR count). The lowest BCUT2D eigenvalue weighted by Gasteiger charge is -2.39. The van der Waals surface area contributed by atoms with Gasteiger partial charge in [-0.3, -0.25) is 0 Å². The Hall–Kier alpha value is -0.860. The number of hydrogen-bond donors (Lipinski definition) is 1. The van der Waals surface area contributed by atoms with E-state index in [0.29, 0.717) is 13.2 Å². The van der Waals surface area contributed by atoms with E-state index in [1.54, 1.807) is 0 Å². The second kappa shape index (κ2) is 7.42. The average Bonchev–Trinajstić information content (AvgIpc) is 2.50. The quantitative estimate of drug-likeness (QED) is 0.836. The van der Waals surface area contributed by atoms with Crippen LogP contribution >= 0.6 is 0 Å². The van der Waals surface area contributed by atoms with E-state index < -0.39 is 0 Å². The van der Waals surface area contributed by atoms with Gasteiger partial charge in [0.05, 0.1) is 12.2 Å². The van der Waals surface area contributed by atoms with E-state index in [1.807, 2.05) is 0 Å². The fourth-order valence-electron chi connectivity index (χ4n) is 3.44. The first-order valence-electron chi connectivity index (χ1n) is 8.49. The molecule has 0 saturated heterocycles. The maximum absolute atomic E-state index is 6.30. The lowest BCUT2D eigenvalue weighted by Crippen LogP contribution is -2.43. The molecule has 0 aromatic heterocycles. The van der Waals surface area contributed by atoms with Crippen LogP contribution in [0, 0.1) is 19.8 Å². The summed E-state index contributed by atoms with van der Waals surface area (Å²) in [6.45, 7) is 7.93. The van der Waals surface area contributed by atoms with Crippen LogP contribution < -0.4 is 5.73 Å². The molecule has 0 amide bonds. The van der Waals surface area contributed by atoms with Crippen LogP contribution in [0.2, 0.25) is 0 Å². The van der Waals surface area contributed by atoms with Crippen molar-refractivity contribution in [2.45, 2.75) is 71.5 Å². The maximum atomic E-state index is 6.30. The lowest BCUT2D eigenvalue weighted by molar-refractivity contribution is -0.0816. The number of rotatable bonds is 6. The Bertz CT molecular complexity index is 447. The van der Waals surface area contributed by atoms with Gasteiger partial charge in [-0.1, -0.05) is 38.0 Å². The minimum absolute atomic E-state index is 0.0803. The molecule has 1 aliphatic carbocycles. The van der Waals surface area contributed by atoms with Gasteiger partial charge in [0, 0.05) is 6.54 Å². The van der Waals surface area contributed by atoms with Gasteiger partial charge >= 0.3 is 0 Å². The Balaban J connectivity index is 1.92. The highest BCUT2D eigenvalue weighted by atomic mass is 16.5. The van der Waals surface area contributed by atoms with E-state index in [0.717, 1.165) is 18.8 Å². The first-order valence-corrected chi connectivity index (χ1v) is 8.49. The molecule has 0 heterocycles. The minimum Gasteiger partial charge on any atom is -0.369 e. The molecule has 0 atom stereocenters. The molecule has 2 N–H and O–H groups in total. The van der Waals surface area contributed by atoms with Gasteiger partial charge in [-0.2, -0.15) is 0 Å². The zero-order valence-electron chi connectivity index (χ0n) is 14.0. The van der Waals surface area contributed by atoms with Crippen LogP contribution in [0.1, 0.15) is 62.1 Å². The van der Waals surface area contributed by atoms with Gasteiger partial charge in [0.1, 0.15) is 0 Å². The highest BCUT2D eigenvalue weighted by Gasteiger charge is 2.34. The molecular formula is C19H31NO. The van der Waals surface area contributed by atoms with Gasteiger partial charge in [-0.25, -0.2) is 0 Å². The minimum atomic E-state index is -0.0803. The summed E-state index contributed by atoms with van der Waals surface area (Å²) in [5.41, 5.74) is 9.91. The van der Waals surface area contributed by atoms with E-state index in [1.165, 1.54) is 42.4 Å². The number of ether oxygens (including phenoxy) is 1. The van der Waals surface area contributed by atoms with Crippen molar-refractivity contribution in [1.29, 1.82) is 0 Å². The summed E-state index contributed by atoms with van der Waals surface area (Å²) in [4.78, 5) is 0. The van der Waals surface area contributed by atoms with Crippen molar-refractivity contribution in [2.24, 2.45) is 11.7 Å². The fourth-order valence-corrected chi connectivity index (χ4v) is 3.44. The normalized spacial score (nSPS) is 26.0. The molecule has 0 aliphatic heterocycles. The number of nitrogens with two attached hydrogens (primary N) is 1. The monoisotopic (exact) mass is 289 g/mol. The van der Waals surface area contributed by atoms with Crippen LogP contribution in [0.25, 0.3) is 0 Å². The molecule has 1 aromatic rings. The Labute approximate surface area is 130 Å². The van der Waals surface area contributed by atoms with E-state index in [2.05, 4.69) is 39.0 Å². The molecule has 0 radical (unpaired) electrons. The Morgan fingerprint density at radius 1 is 1.19 bits per heavy atom. The van der Waals surface area contributed by atoms with Crippen molar-refractivity contribution in [3.63, 3.8) is 0 Å². The fraction of sp³-hybridized carbons (Fsp3) is 0.684. The third-order valence-corrected chi connectivity index (χ3v) is 5.20. The summed E-state index contributed by atoms with van der Waals surface area (Å²) >= 11 is 0. The second-order valence-corrected chi connectivity index (χ2v) is 6.83. The summed E-state index contributed by atoms with van der Waals surface area (Å²) in [6.07, 6.45) is 7.45. The molecule has 1 aromatic carbocycles. The summed E-state index contributed by atoms with van der Waals surface area (Å²) in [7, 11) is 0. The van der Waals surface area contributed by atoms with Gasteiger partial charge in [0.2, 0.25) is 0 Å². The third-order valence-electron chi connectivity index (χ3n) is 5.20. The predicted molar refractivity (Wildman–Crippen MR) is 89.4 cm³/mol. The van der Waals surface area contributed by atoms with E-state index >= 15 is 0 Å². The predicted octanol–water partition coefficient (Wildman–Crippen LogP) is 4.51. The van der Waals surface area contributed by atoms with Crippen LogP contribution in [0.5, 0.6) is 0 Å². The molecule has 1 aliphatic rings. The summed E-state index contributed by atoms with van der Waals surface area (Å²) in [6, 6.07) is 6.60. The van der Waals surface area contributed by atoms with Gasteiger partial charge in [0.15, 0.2) is 0 Å². The highest BCUT2D eigenvalue weighted by Crippen LogP contribution is 2.36. The smallest absolute Gasteiger partial charge is 0.0808 e. The van der Waals surface area contributed by atoms with Gasteiger partial charge < -0.3 is 10.5 Å². The van der Waals surface area contributed by atoms with Gasteiger partial charge in [-0.05, 0) is 62.1 Å². The molecule has 118 valence electrons. The Morgan fingerprint density at radius 2 is 1.90 bits per heavy atom. The molecule has 1 saturated carbocycles. The summed E-state index contributed by atoms with van der Waals surface area (Å²) in [5.74, 6) is 0.889. The van der Waals surface area contributed by atoms with E-state index in [9.17, 15) is 0 Å². The van der Waals surface area contributed by atoms with Crippen LogP contribution in [0.3, 0.4) is 0 Å². The average molecular weight is 289 g/mol. The second-order valence-electron chi connectivity index (χ2n) is 6.83. The molecule has 1 fully saturated rings. The molecule has 21 heavy (non-hydrogen) atoms. The number of hydrogen-bond acceptors (Lipinski definition) is 2. The molecule has 2 heteroatoms. The summed E-state index contributed by atoms with van der Waals surface area (Å²) < 4.78 is 6.30. The molecule has 0 bridgehead atoms. The number of aryl methyl sites for hydroxylation is 2. The zero-order chi connectivity index (χ0) is 15.3. The molecule has 0 unspecified atom stereocenters. The molecule has 2 nitrogen and oxygen atoms in total. The third kappa shape index (κ3) is 4.31. The van der Waals surface area contributed by atoms with E-state index in [4.69, 9.17) is 10.5 Å². The Kier molecular flexibility index (Phi) is 5.83. The van der Waals surface area contributed by atoms with Crippen molar-refractivity contribution in [3.05, 3.63) is 34.9 Å². The largest absolute Gasteiger partial charge is 0.369 e. The van der Waals surface area contributed by atoms with E-state index in [-0.39, 0.29) is 5.60 Å². The van der Waals surface area contributed by atoms with Crippen LogP contribution in [0.4, 0.5) is 0 Å². The van der Waals surface area contributed by atoms with Gasteiger partial charge in [-0.15, -0.1) is 0 Å². The van der Waals surface area contributed by atoms with Crippen molar-refractivity contribution < 1.29 is 4.74 Å². The van der Waals surface area contributed by atoms with Crippen molar-refractivity contribution in [2.75, 3.05) is 6.54 Å². The first-order chi connectivity index (χ1) is 10.1. The molecule has 0 spiro atoms. The highest BCUT2D eigenvalue weighted by molar-refractivity contribution is 5.29. The van der Waals surface area contributed by atoms with Gasteiger partial charge in [0.25, 0.3) is 0 Å². The van der Waals surface area contributed by atoms with Crippen molar-refractivity contribution >= 4 is 0 Å². The SMILES string of the molecule is CCCC1CCC(CN)(OCc2ccc(C)c(C)c2)CC1. The maximum Gasteiger partial charge on any atom is 0.0808 e. The standard InChI is InChI=1S/C19H31NO/c1-4-5-17-8-10-19(14-20,11-9-17)21-13-18-7-6-15(2)16(3)12-18/h6-7,12,17H,4-5,8-11,13-14,20H2,1-3H3. The topological polar surface area (TPSA) is 35.2 Å². The Morgan fingerprint density at radius 3 is 2.48 bits per heavy atom. The lowest BCUT2D eigenvalue weighted by atomic mass is 9.77. The first kappa shape index (κ1) is 16.5. The molecular weight excluding hydrogens is 258 g/mol. The van der Waals surface area contributed by atoms with Crippen LogP contribution in [-0.4, -0.2) is 12.1 Å². The van der Waals surface area contributed by atoms with Crippen molar-refractivity contribution in [3.8, 4) is 0 Å². The zero-order valence-corrected chi connectivity index (χ0v) is 14.0. The summed E-state index contributed by atoms with van der Waals surface area (Å²) in [5, 5.41) is 0.